The molecule has 2 heterocycles. The molecule has 2 fully saturated rings. The van der Waals surface area contributed by atoms with Crippen molar-refractivity contribution in [1.82, 2.24) is 4.98 Å². The van der Waals surface area contributed by atoms with Gasteiger partial charge in [-0.15, -0.1) is 0 Å². The number of nitrogens with one attached hydrogen (secondary N) is 2. The van der Waals surface area contributed by atoms with Crippen molar-refractivity contribution in [3.05, 3.63) is 42.0 Å². The van der Waals surface area contributed by atoms with Gasteiger partial charge in [-0.3, -0.25) is 4.79 Å². The second-order valence-corrected chi connectivity index (χ2v) is 9.47. The Balaban J connectivity index is 1.50. The van der Waals surface area contributed by atoms with E-state index in [4.69, 9.17) is 9.52 Å². The number of hydrogen-bond donors (Lipinski definition) is 2. The number of carbonyl (C=O) groups excluding carboxylic acids is 1. The Morgan fingerprint density at radius 1 is 1.18 bits per heavy atom. The molecular weight excluding hydrogens is 457 g/mol. The fourth-order valence-electron chi connectivity index (χ4n) is 4.00. The highest BCUT2D eigenvalue weighted by Crippen LogP contribution is 2.54. The summed E-state index contributed by atoms with van der Waals surface area (Å²) in [5.41, 5.74) is 1.39. The van der Waals surface area contributed by atoms with E-state index >= 15 is 0 Å². The van der Waals surface area contributed by atoms with Gasteiger partial charge in [0.05, 0.1) is 18.6 Å². The summed E-state index contributed by atoms with van der Waals surface area (Å²) in [5, 5.41) is 2.66. The Labute approximate surface area is 191 Å². The number of rotatable bonds is 7. The van der Waals surface area contributed by atoms with Gasteiger partial charge < -0.3 is 23.9 Å². The van der Waals surface area contributed by atoms with E-state index in [0.29, 0.717) is 21.6 Å². The van der Waals surface area contributed by atoms with E-state index in [1.807, 2.05) is 0 Å². The van der Waals surface area contributed by atoms with Gasteiger partial charge in [0.1, 0.15) is 5.82 Å². The van der Waals surface area contributed by atoms with Crippen LogP contribution in [0, 0.1) is 10.2 Å². The van der Waals surface area contributed by atoms with Gasteiger partial charge >= 0.3 is 6.18 Å². The zero-order valence-corrected chi connectivity index (χ0v) is 18.6. The number of alkyl halides is 3. The molecule has 1 saturated carbocycles. The van der Waals surface area contributed by atoms with E-state index in [2.05, 4.69) is 15.2 Å². The smallest absolute Gasteiger partial charge is 0.392 e. The van der Waals surface area contributed by atoms with Crippen molar-refractivity contribution >= 4 is 28.0 Å². The average Bonchev–Trinajstić information content (AvgIpc) is 3.52. The molecule has 1 aliphatic carbocycles. The maximum absolute atomic E-state index is 13.1. The number of anilines is 2. The van der Waals surface area contributed by atoms with Crippen molar-refractivity contribution in [2.45, 2.75) is 43.2 Å². The van der Waals surface area contributed by atoms with Crippen LogP contribution in [0.25, 0.3) is 0 Å². The number of pyridine rings is 1. The molecular formula is C22H24F3N4O3S-. The monoisotopic (exact) mass is 481 g/mol. The SMILES string of the molecule is N=[S-](=O)c1ccc(C(=O)Nc2cccc(OCCC(F)(F)F)n2)c(N2CCC3(CC2)CC3)c1. The molecule has 4 rings (SSSR count). The summed E-state index contributed by atoms with van der Waals surface area (Å²) in [5.74, 6) is -0.346. The van der Waals surface area contributed by atoms with Crippen LogP contribution in [0.5, 0.6) is 5.88 Å². The lowest BCUT2D eigenvalue weighted by Gasteiger charge is -2.35. The summed E-state index contributed by atoms with van der Waals surface area (Å²) in [6.07, 6.45) is -0.904. The maximum atomic E-state index is 13.1. The fraction of sp³-hybridized carbons (Fsp3) is 0.455. The van der Waals surface area contributed by atoms with Crippen LogP contribution < -0.4 is 15.0 Å². The summed E-state index contributed by atoms with van der Waals surface area (Å²) >= 11 is 0. The molecule has 0 atom stereocenters. The summed E-state index contributed by atoms with van der Waals surface area (Å²) in [7, 11) is -1.94. The lowest BCUT2D eigenvalue weighted by molar-refractivity contribution is -0.139. The summed E-state index contributed by atoms with van der Waals surface area (Å²) < 4.78 is 61.3. The Bertz CT molecular complexity index is 1100. The van der Waals surface area contributed by atoms with Crippen LogP contribution in [0.2, 0.25) is 0 Å². The van der Waals surface area contributed by atoms with Crippen LogP contribution >= 0.6 is 0 Å². The van der Waals surface area contributed by atoms with E-state index < -0.39 is 35.7 Å². The number of nitrogens with zero attached hydrogens (tertiary/aromatic N) is 2. The quantitative estimate of drug-likeness (QED) is 0.535. The van der Waals surface area contributed by atoms with Crippen molar-refractivity contribution in [3.8, 4) is 5.88 Å². The summed E-state index contributed by atoms with van der Waals surface area (Å²) in [6.45, 7) is 0.977. The number of ether oxygens (including phenoxy) is 1. The lowest BCUT2D eigenvalue weighted by Crippen LogP contribution is -2.35. The molecule has 1 aromatic carbocycles. The van der Waals surface area contributed by atoms with E-state index in [1.165, 1.54) is 43.2 Å². The molecule has 1 aromatic heterocycles. The molecule has 1 aliphatic heterocycles. The van der Waals surface area contributed by atoms with Gasteiger partial charge in [-0.2, -0.15) is 28.8 Å². The van der Waals surface area contributed by atoms with Crippen molar-refractivity contribution < 1.29 is 26.9 Å². The maximum Gasteiger partial charge on any atom is 0.392 e. The van der Waals surface area contributed by atoms with E-state index in [-0.39, 0.29) is 11.7 Å². The predicted molar refractivity (Wildman–Crippen MR) is 117 cm³/mol. The Hall–Kier alpha value is -2.82. The fourth-order valence-corrected chi connectivity index (χ4v) is 4.41. The van der Waals surface area contributed by atoms with Gasteiger partial charge in [0.25, 0.3) is 5.91 Å². The highest BCUT2D eigenvalue weighted by atomic mass is 32.2. The summed E-state index contributed by atoms with van der Waals surface area (Å²) in [6, 6.07) is 9.09. The third-order valence-electron chi connectivity index (χ3n) is 6.15. The Morgan fingerprint density at radius 2 is 1.91 bits per heavy atom. The first-order valence-electron chi connectivity index (χ1n) is 10.6. The molecule has 1 amide bonds. The zero-order valence-electron chi connectivity index (χ0n) is 17.8. The highest BCUT2D eigenvalue weighted by molar-refractivity contribution is 7.73. The van der Waals surface area contributed by atoms with E-state index in [9.17, 15) is 22.2 Å². The number of halogens is 3. The first-order chi connectivity index (χ1) is 15.6. The van der Waals surface area contributed by atoms with Gasteiger partial charge in [-0.05, 0) is 43.2 Å². The molecule has 7 nitrogen and oxygen atoms in total. The van der Waals surface area contributed by atoms with Gasteiger partial charge in [0, 0.05) is 24.8 Å². The van der Waals surface area contributed by atoms with Gasteiger partial charge in [0.2, 0.25) is 5.88 Å². The molecule has 11 heteroatoms. The van der Waals surface area contributed by atoms with E-state index in [1.54, 1.807) is 6.07 Å². The number of piperidine rings is 1. The number of amides is 1. The van der Waals surface area contributed by atoms with Crippen LogP contribution in [-0.2, 0) is 14.8 Å². The van der Waals surface area contributed by atoms with Crippen molar-refractivity contribution in [1.29, 1.82) is 4.78 Å². The zero-order chi connectivity index (χ0) is 23.6. The minimum atomic E-state index is -4.33. The molecule has 0 radical (unpaired) electrons. The second kappa shape index (κ2) is 9.20. The Morgan fingerprint density at radius 3 is 2.55 bits per heavy atom. The van der Waals surface area contributed by atoms with Crippen LogP contribution in [0.15, 0.2) is 41.3 Å². The van der Waals surface area contributed by atoms with Crippen molar-refractivity contribution in [3.63, 3.8) is 0 Å². The second-order valence-electron chi connectivity index (χ2n) is 8.46. The molecule has 0 bridgehead atoms. The van der Waals surface area contributed by atoms with Crippen LogP contribution in [0.4, 0.5) is 24.7 Å². The summed E-state index contributed by atoms with van der Waals surface area (Å²) in [4.78, 5) is 19.5. The minimum Gasteiger partial charge on any atom is -0.477 e. The van der Waals surface area contributed by atoms with Crippen molar-refractivity contribution in [2.24, 2.45) is 5.41 Å². The van der Waals surface area contributed by atoms with Gasteiger partial charge in [-0.25, -0.2) is 0 Å². The third-order valence-corrected chi connectivity index (χ3v) is 6.83. The molecule has 2 aliphatic rings. The molecule has 33 heavy (non-hydrogen) atoms. The first-order valence-corrected chi connectivity index (χ1v) is 11.8. The molecule has 0 unspecified atom stereocenters. The predicted octanol–water partition coefficient (Wildman–Crippen LogP) is 5.13. The minimum absolute atomic E-state index is 0.0250. The molecule has 2 N–H and O–H groups in total. The third kappa shape index (κ3) is 5.95. The molecule has 1 saturated heterocycles. The number of benzene rings is 1. The Kier molecular flexibility index (Phi) is 6.51. The first kappa shape index (κ1) is 23.3. The van der Waals surface area contributed by atoms with Crippen molar-refractivity contribution in [2.75, 3.05) is 29.9 Å². The largest absolute Gasteiger partial charge is 0.477 e. The van der Waals surface area contributed by atoms with E-state index in [0.717, 1.165) is 25.9 Å². The standard InChI is InChI=1S/C22H24F3N4O3S/c23-22(24,25)10-13-32-19-3-1-2-18(27-19)28-20(30)16-5-4-15(33(26)31)14-17(16)29-11-8-21(6-7-21)9-12-29/h1-5,14,26H,6-13H2,(H,27,28,30)/q-1. The number of aromatic nitrogens is 1. The topological polar surface area (TPSA) is 95.4 Å². The van der Waals surface area contributed by atoms with Gasteiger partial charge in [0.15, 0.2) is 0 Å². The number of carbonyl (C=O) groups is 1. The van der Waals surface area contributed by atoms with Crippen LogP contribution in [0.1, 0.15) is 42.5 Å². The van der Waals surface area contributed by atoms with Crippen LogP contribution in [-0.4, -0.2) is 36.8 Å². The normalized spacial score (nSPS) is 17.3. The molecule has 178 valence electrons. The van der Waals surface area contributed by atoms with Crippen LogP contribution in [0.3, 0.4) is 0 Å². The number of hydrogen-bond acceptors (Lipinski definition) is 7. The van der Waals surface area contributed by atoms with Gasteiger partial charge in [-0.1, -0.05) is 23.1 Å². The molecule has 2 aromatic rings. The average molecular weight is 482 g/mol. The lowest BCUT2D eigenvalue weighted by atomic mass is 9.93. The highest BCUT2D eigenvalue weighted by Gasteiger charge is 2.44. The molecule has 1 spiro atoms.